The Kier molecular flexibility index (Phi) is 5.53. The standard InChI is InChI=1S/C11H14BrNO6S2/c1-13(5-6-20(2,16)17)21(18,19)10-4-3-8(11(14)15)7-9(10)12/h3-4,7H,5-6H2,1-2H3,(H,14,15). The first-order valence-corrected chi connectivity index (χ1v) is 9.91. The lowest BCUT2D eigenvalue weighted by Crippen LogP contribution is -2.31. The second-order valence-corrected chi connectivity index (χ2v) is 9.53. The first kappa shape index (κ1) is 18.1. The van der Waals surface area contributed by atoms with Crippen LogP contribution < -0.4 is 0 Å². The van der Waals surface area contributed by atoms with Gasteiger partial charge in [0.15, 0.2) is 0 Å². The minimum absolute atomic E-state index is 0.0559. The Hall–Kier alpha value is -0.970. The van der Waals surface area contributed by atoms with E-state index in [-0.39, 0.29) is 27.2 Å². The highest BCUT2D eigenvalue weighted by Crippen LogP contribution is 2.25. The molecule has 0 spiro atoms. The SMILES string of the molecule is CN(CCS(C)(=O)=O)S(=O)(=O)c1ccc(C(=O)O)cc1Br. The van der Waals surface area contributed by atoms with Crippen LogP contribution in [0.2, 0.25) is 0 Å². The van der Waals surface area contributed by atoms with Crippen LogP contribution >= 0.6 is 15.9 Å². The minimum atomic E-state index is -3.91. The van der Waals surface area contributed by atoms with Gasteiger partial charge in [-0.15, -0.1) is 0 Å². The molecule has 21 heavy (non-hydrogen) atoms. The van der Waals surface area contributed by atoms with E-state index in [9.17, 15) is 21.6 Å². The van der Waals surface area contributed by atoms with Gasteiger partial charge >= 0.3 is 5.97 Å². The van der Waals surface area contributed by atoms with E-state index in [1.807, 2.05) is 0 Å². The van der Waals surface area contributed by atoms with E-state index < -0.39 is 25.8 Å². The molecule has 0 aliphatic rings. The number of sulfone groups is 1. The zero-order valence-electron chi connectivity index (χ0n) is 11.3. The normalized spacial score (nSPS) is 12.6. The van der Waals surface area contributed by atoms with Gasteiger partial charge in [-0.2, -0.15) is 4.31 Å². The summed E-state index contributed by atoms with van der Waals surface area (Å²) in [4.78, 5) is 10.7. The number of halogens is 1. The highest BCUT2D eigenvalue weighted by Gasteiger charge is 2.24. The zero-order chi connectivity index (χ0) is 16.4. The Morgan fingerprint density at radius 2 is 1.86 bits per heavy atom. The fourth-order valence-corrected chi connectivity index (χ4v) is 4.35. The van der Waals surface area contributed by atoms with Gasteiger partial charge < -0.3 is 5.11 Å². The quantitative estimate of drug-likeness (QED) is 0.757. The second-order valence-electron chi connectivity index (χ2n) is 4.41. The molecule has 0 saturated heterocycles. The van der Waals surface area contributed by atoms with Crippen molar-refractivity contribution in [1.29, 1.82) is 0 Å². The molecule has 0 heterocycles. The summed E-state index contributed by atoms with van der Waals surface area (Å²) in [5, 5.41) is 8.84. The summed E-state index contributed by atoms with van der Waals surface area (Å²) in [6.07, 6.45) is 1.02. The summed E-state index contributed by atoms with van der Waals surface area (Å²) in [7, 11) is -5.93. The Bertz CT molecular complexity index is 757. The average molecular weight is 400 g/mol. The van der Waals surface area contributed by atoms with Crippen LogP contribution in [0.5, 0.6) is 0 Å². The van der Waals surface area contributed by atoms with Crippen molar-refractivity contribution in [1.82, 2.24) is 4.31 Å². The summed E-state index contributed by atoms with van der Waals surface area (Å²) in [6.45, 7) is -0.186. The van der Waals surface area contributed by atoms with Crippen LogP contribution in [0.25, 0.3) is 0 Å². The molecule has 7 nitrogen and oxygen atoms in total. The third-order valence-electron chi connectivity index (χ3n) is 2.64. The van der Waals surface area contributed by atoms with Gasteiger partial charge in [-0.05, 0) is 34.1 Å². The van der Waals surface area contributed by atoms with E-state index in [1.54, 1.807) is 0 Å². The van der Waals surface area contributed by atoms with Gasteiger partial charge in [0.2, 0.25) is 10.0 Å². The maximum atomic E-state index is 12.3. The lowest BCUT2D eigenvalue weighted by atomic mass is 10.2. The minimum Gasteiger partial charge on any atom is -0.478 e. The lowest BCUT2D eigenvalue weighted by Gasteiger charge is -2.17. The van der Waals surface area contributed by atoms with Gasteiger partial charge in [-0.3, -0.25) is 0 Å². The van der Waals surface area contributed by atoms with Gasteiger partial charge in [-0.1, -0.05) is 0 Å². The fraction of sp³-hybridized carbons (Fsp3) is 0.364. The lowest BCUT2D eigenvalue weighted by molar-refractivity contribution is 0.0696. The van der Waals surface area contributed by atoms with E-state index in [4.69, 9.17) is 5.11 Å². The van der Waals surface area contributed by atoms with Crippen molar-refractivity contribution in [2.75, 3.05) is 25.6 Å². The molecule has 0 aliphatic heterocycles. The number of hydrogen-bond acceptors (Lipinski definition) is 5. The van der Waals surface area contributed by atoms with E-state index >= 15 is 0 Å². The largest absolute Gasteiger partial charge is 0.478 e. The number of benzene rings is 1. The number of carboxylic acids is 1. The number of carbonyl (C=O) groups is 1. The average Bonchev–Trinajstić information content (AvgIpc) is 2.34. The molecule has 0 radical (unpaired) electrons. The van der Waals surface area contributed by atoms with Crippen LogP contribution in [0, 0.1) is 0 Å². The highest BCUT2D eigenvalue weighted by molar-refractivity contribution is 9.10. The number of rotatable bonds is 6. The molecule has 0 aliphatic carbocycles. The first-order chi connectivity index (χ1) is 9.45. The number of carboxylic acid groups (broad SMARTS) is 1. The predicted octanol–water partition coefficient (Wildman–Crippen LogP) is 0.812. The Morgan fingerprint density at radius 3 is 2.29 bits per heavy atom. The van der Waals surface area contributed by atoms with Crippen molar-refractivity contribution >= 4 is 41.8 Å². The zero-order valence-corrected chi connectivity index (χ0v) is 14.5. The highest BCUT2D eigenvalue weighted by atomic mass is 79.9. The molecule has 0 saturated carbocycles. The molecule has 0 bridgehead atoms. The maximum Gasteiger partial charge on any atom is 0.335 e. The van der Waals surface area contributed by atoms with Crippen LogP contribution in [0.3, 0.4) is 0 Å². The molecule has 1 aromatic carbocycles. The third kappa shape index (κ3) is 4.77. The van der Waals surface area contributed by atoms with Crippen molar-refractivity contribution in [3.05, 3.63) is 28.2 Å². The molecule has 0 fully saturated rings. The Morgan fingerprint density at radius 1 is 1.29 bits per heavy atom. The molecule has 1 aromatic rings. The smallest absolute Gasteiger partial charge is 0.335 e. The van der Waals surface area contributed by atoms with E-state index in [1.165, 1.54) is 25.2 Å². The van der Waals surface area contributed by atoms with Gasteiger partial charge in [0, 0.05) is 24.3 Å². The Balaban J connectivity index is 3.10. The number of nitrogens with zero attached hydrogens (tertiary/aromatic N) is 1. The third-order valence-corrected chi connectivity index (χ3v) is 6.40. The topological polar surface area (TPSA) is 109 Å². The van der Waals surface area contributed by atoms with E-state index in [2.05, 4.69) is 15.9 Å². The number of aromatic carboxylic acids is 1. The van der Waals surface area contributed by atoms with Gasteiger partial charge in [0.25, 0.3) is 0 Å². The summed E-state index contributed by atoms with van der Waals surface area (Å²) in [6, 6.07) is 3.52. The molecule has 10 heteroatoms. The van der Waals surface area contributed by atoms with Crippen molar-refractivity contribution in [2.45, 2.75) is 4.90 Å². The second kappa shape index (κ2) is 6.42. The van der Waals surface area contributed by atoms with Crippen LogP contribution in [0.4, 0.5) is 0 Å². The van der Waals surface area contributed by atoms with Crippen molar-refractivity contribution in [2.24, 2.45) is 0 Å². The van der Waals surface area contributed by atoms with E-state index in [0.29, 0.717) is 0 Å². The molecule has 0 atom stereocenters. The van der Waals surface area contributed by atoms with Crippen LogP contribution in [-0.2, 0) is 19.9 Å². The molecule has 0 amide bonds. The molecule has 0 aromatic heterocycles. The van der Waals surface area contributed by atoms with Crippen molar-refractivity contribution < 1.29 is 26.7 Å². The monoisotopic (exact) mass is 399 g/mol. The van der Waals surface area contributed by atoms with Crippen LogP contribution in [0.1, 0.15) is 10.4 Å². The van der Waals surface area contributed by atoms with Crippen LogP contribution in [-0.4, -0.2) is 57.8 Å². The molecule has 0 unspecified atom stereocenters. The van der Waals surface area contributed by atoms with Gasteiger partial charge in [0.05, 0.1) is 16.2 Å². The summed E-state index contributed by atoms with van der Waals surface area (Å²) >= 11 is 3.02. The maximum absolute atomic E-state index is 12.3. The van der Waals surface area contributed by atoms with Crippen molar-refractivity contribution in [3.8, 4) is 0 Å². The number of hydrogen-bond donors (Lipinski definition) is 1. The van der Waals surface area contributed by atoms with Crippen molar-refractivity contribution in [3.63, 3.8) is 0 Å². The molecular formula is C11H14BrNO6S2. The van der Waals surface area contributed by atoms with Crippen LogP contribution in [0.15, 0.2) is 27.6 Å². The van der Waals surface area contributed by atoms with Gasteiger partial charge in [-0.25, -0.2) is 21.6 Å². The predicted molar refractivity (Wildman–Crippen MR) is 80.6 cm³/mol. The number of sulfonamides is 1. The summed E-state index contributed by atoms with van der Waals surface area (Å²) in [5.41, 5.74) is -0.0559. The molecule has 1 rings (SSSR count). The Labute approximate surface area is 131 Å². The molecule has 1 N–H and O–H groups in total. The molecule has 118 valence electrons. The molecular weight excluding hydrogens is 386 g/mol. The first-order valence-electron chi connectivity index (χ1n) is 5.62. The van der Waals surface area contributed by atoms with E-state index in [0.717, 1.165) is 10.6 Å². The fourth-order valence-electron chi connectivity index (χ4n) is 1.43. The van der Waals surface area contributed by atoms with Gasteiger partial charge in [0.1, 0.15) is 9.84 Å². The summed E-state index contributed by atoms with van der Waals surface area (Å²) < 4.78 is 47.8. The summed E-state index contributed by atoms with van der Waals surface area (Å²) in [5.74, 6) is -1.47.